The third-order valence-electron chi connectivity index (χ3n) is 2.96. The van der Waals surface area contributed by atoms with E-state index in [9.17, 15) is 8.42 Å². The fraction of sp³-hybridized carbons (Fsp3) is 0.286. The molecule has 0 bridgehead atoms. The molecule has 0 saturated carbocycles. The van der Waals surface area contributed by atoms with Gasteiger partial charge in [-0.2, -0.15) is 4.98 Å². The lowest BCUT2D eigenvalue weighted by molar-refractivity contribution is 0.206. The summed E-state index contributed by atoms with van der Waals surface area (Å²) < 4.78 is 30.6. The van der Waals surface area contributed by atoms with Crippen LogP contribution in [0.25, 0.3) is 0 Å². The predicted molar refractivity (Wildman–Crippen MR) is 83.7 cm³/mol. The molecule has 8 heteroatoms. The van der Waals surface area contributed by atoms with Crippen LogP contribution >= 0.6 is 11.6 Å². The maximum atomic E-state index is 12.5. The van der Waals surface area contributed by atoms with Gasteiger partial charge in [0.2, 0.25) is 15.7 Å². The van der Waals surface area contributed by atoms with Gasteiger partial charge >= 0.3 is 0 Å². The highest BCUT2D eigenvalue weighted by atomic mass is 35.5. The van der Waals surface area contributed by atoms with Crippen molar-refractivity contribution in [1.82, 2.24) is 9.97 Å². The second-order valence-electron chi connectivity index (χ2n) is 4.71. The van der Waals surface area contributed by atoms with Crippen molar-refractivity contribution in [2.45, 2.75) is 36.4 Å². The Balaban J connectivity index is 2.44. The van der Waals surface area contributed by atoms with Crippen LogP contribution in [0, 0.1) is 0 Å². The first-order valence-corrected chi connectivity index (χ1v) is 8.51. The Morgan fingerprint density at radius 2 is 1.91 bits per heavy atom. The lowest BCUT2D eigenvalue weighted by Crippen LogP contribution is -2.14. The van der Waals surface area contributed by atoms with Crippen LogP contribution in [0.1, 0.15) is 20.3 Å². The van der Waals surface area contributed by atoms with Gasteiger partial charge in [0.05, 0.1) is 11.0 Å². The minimum atomic E-state index is -3.88. The molecule has 0 radical (unpaired) electrons. The normalized spacial score (nSPS) is 12.9. The van der Waals surface area contributed by atoms with Crippen LogP contribution in [0.5, 0.6) is 5.88 Å². The molecule has 0 saturated heterocycles. The van der Waals surface area contributed by atoms with Crippen molar-refractivity contribution in [3.8, 4) is 5.88 Å². The van der Waals surface area contributed by atoms with Gasteiger partial charge in [0.15, 0.2) is 0 Å². The highest BCUT2D eigenvalue weighted by Crippen LogP contribution is 2.23. The number of aromatic nitrogens is 2. The average molecular weight is 342 g/mol. The largest absolute Gasteiger partial charge is 0.475 e. The van der Waals surface area contributed by atoms with Gasteiger partial charge in [-0.05, 0) is 37.6 Å². The molecule has 0 amide bonds. The van der Waals surface area contributed by atoms with Gasteiger partial charge in [-0.3, -0.25) is 0 Å². The highest BCUT2D eigenvalue weighted by molar-refractivity contribution is 7.91. The van der Waals surface area contributed by atoms with Crippen LogP contribution < -0.4 is 10.5 Å². The number of halogens is 1. The van der Waals surface area contributed by atoms with Gasteiger partial charge in [-0.15, -0.1) is 0 Å². The van der Waals surface area contributed by atoms with E-state index >= 15 is 0 Å². The van der Waals surface area contributed by atoms with E-state index in [4.69, 9.17) is 22.1 Å². The van der Waals surface area contributed by atoms with Crippen LogP contribution in [0.15, 0.2) is 40.4 Å². The summed E-state index contributed by atoms with van der Waals surface area (Å²) in [7, 11) is -3.88. The summed E-state index contributed by atoms with van der Waals surface area (Å²) in [6, 6.07) is 7.14. The van der Waals surface area contributed by atoms with E-state index < -0.39 is 15.0 Å². The molecule has 1 aromatic heterocycles. The third-order valence-corrected chi connectivity index (χ3v) is 4.77. The lowest BCUT2D eigenvalue weighted by atomic mass is 10.3. The van der Waals surface area contributed by atoms with Gasteiger partial charge in [0, 0.05) is 11.1 Å². The quantitative estimate of drug-likeness (QED) is 0.840. The molecule has 6 nitrogen and oxygen atoms in total. The number of benzene rings is 1. The standard InChI is InChI=1S/C14H16ClN3O3S/c1-3-9(2)21-13-8-12(16)17-14(18-13)22(19,20)11-6-4-10(15)5-7-11/h4-9H,3H2,1-2H3,(H2,16,17,18). The van der Waals surface area contributed by atoms with Crippen LogP contribution in [0.2, 0.25) is 5.02 Å². The Kier molecular flexibility index (Phi) is 4.87. The van der Waals surface area contributed by atoms with Crippen molar-refractivity contribution in [3.63, 3.8) is 0 Å². The van der Waals surface area contributed by atoms with Gasteiger partial charge in [0.25, 0.3) is 5.16 Å². The summed E-state index contributed by atoms with van der Waals surface area (Å²) in [5, 5.41) is 0.0429. The number of hydrogen-bond donors (Lipinski definition) is 1. The minimum absolute atomic E-state index is 0.0286. The van der Waals surface area contributed by atoms with E-state index in [0.717, 1.165) is 6.42 Å². The van der Waals surface area contributed by atoms with Crippen molar-refractivity contribution in [3.05, 3.63) is 35.4 Å². The molecule has 2 rings (SSSR count). The summed E-state index contributed by atoms with van der Waals surface area (Å²) in [6.07, 6.45) is 0.642. The number of hydrogen-bond acceptors (Lipinski definition) is 6. The number of anilines is 1. The van der Waals surface area contributed by atoms with Crippen molar-refractivity contribution in [1.29, 1.82) is 0 Å². The summed E-state index contributed by atoms with van der Waals surface area (Å²) >= 11 is 5.77. The molecule has 0 aliphatic heterocycles. The molecule has 1 heterocycles. The van der Waals surface area contributed by atoms with Crippen molar-refractivity contribution in [2.24, 2.45) is 0 Å². The number of sulfone groups is 1. The molecule has 1 atom stereocenters. The van der Waals surface area contributed by atoms with E-state index in [-0.39, 0.29) is 22.7 Å². The monoisotopic (exact) mass is 341 g/mol. The van der Waals surface area contributed by atoms with Crippen LogP contribution in [0.3, 0.4) is 0 Å². The molecule has 2 N–H and O–H groups in total. The zero-order valence-electron chi connectivity index (χ0n) is 12.2. The Morgan fingerprint density at radius 3 is 2.50 bits per heavy atom. The number of nitrogens with zero attached hydrogens (tertiary/aromatic N) is 2. The topological polar surface area (TPSA) is 95.2 Å². The first-order chi connectivity index (χ1) is 10.3. The SMILES string of the molecule is CCC(C)Oc1cc(N)nc(S(=O)(=O)c2ccc(Cl)cc2)n1. The van der Waals surface area contributed by atoms with Gasteiger partial charge in [-0.1, -0.05) is 18.5 Å². The first kappa shape index (κ1) is 16.5. The predicted octanol–water partition coefficient (Wildman–Crippen LogP) is 2.72. The fourth-order valence-corrected chi connectivity index (χ4v) is 2.88. The number of ether oxygens (including phenoxy) is 1. The summed E-state index contributed by atoms with van der Waals surface area (Å²) in [5.74, 6) is 0.162. The Morgan fingerprint density at radius 1 is 1.27 bits per heavy atom. The summed E-state index contributed by atoms with van der Waals surface area (Å²) in [6.45, 7) is 3.80. The summed E-state index contributed by atoms with van der Waals surface area (Å²) in [5.41, 5.74) is 5.66. The molecule has 118 valence electrons. The second-order valence-corrected chi connectivity index (χ2v) is 6.99. The number of nitrogens with two attached hydrogens (primary N) is 1. The average Bonchev–Trinajstić information content (AvgIpc) is 2.47. The van der Waals surface area contributed by atoms with Gasteiger partial charge < -0.3 is 10.5 Å². The van der Waals surface area contributed by atoms with Gasteiger partial charge in [0.1, 0.15) is 5.82 Å². The van der Waals surface area contributed by atoms with Crippen molar-refractivity contribution < 1.29 is 13.2 Å². The summed E-state index contributed by atoms with van der Waals surface area (Å²) in [4.78, 5) is 7.80. The molecule has 1 aromatic carbocycles. The van der Waals surface area contributed by atoms with Crippen molar-refractivity contribution in [2.75, 3.05) is 5.73 Å². The van der Waals surface area contributed by atoms with E-state index in [1.54, 1.807) is 0 Å². The Hall–Kier alpha value is -1.86. The molecule has 0 fully saturated rings. The zero-order valence-corrected chi connectivity index (χ0v) is 13.7. The van der Waals surface area contributed by atoms with E-state index in [0.29, 0.717) is 5.02 Å². The molecular formula is C14H16ClN3O3S. The van der Waals surface area contributed by atoms with Crippen LogP contribution in [-0.2, 0) is 9.84 Å². The van der Waals surface area contributed by atoms with Crippen molar-refractivity contribution >= 4 is 27.3 Å². The molecule has 22 heavy (non-hydrogen) atoms. The second kappa shape index (κ2) is 6.50. The molecule has 2 aromatic rings. The maximum absolute atomic E-state index is 12.5. The van der Waals surface area contributed by atoms with Gasteiger partial charge in [-0.25, -0.2) is 13.4 Å². The highest BCUT2D eigenvalue weighted by Gasteiger charge is 2.23. The van der Waals surface area contributed by atoms with Crippen LogP contribution in [-0.4, -0.2) is 24.5 Å². The molecule has 0 aliphatic carbocycles. The molecule has 1 unspecified atom stereocenters. The van der Waals surface area contributed by atoms with Crippen LogP contribution in [0.4, 0.5) is 5.82 Å². The smallest absolute Gasteiger partial charge is 0.257 e. The third kappa shape index (κ3) is 3.66. The molecule has 0 spiro atoms. The Labute approximate surface area is 134 Å². The minimum Gasteiger partial charge on any atom is -0.475 e. The maximum Gasteiger partial charge on any atom is 0.257 e. The first-order valence-electron chi connectivity index (χ1n) is 6.64. The molecule has 0 aliphatic rings. The number of rotatable bonds is 5. The zero-order chi connectivity index (χ0) is 16.3. The fourth-order valence-electron chi connectivity index (χ4n) is 1.61. The van der Waals surface area contributed by atoms with E-state index in [2.05, 4.69) is 9.97 Å². The Bertz CT molecular complexity index is 763. The lowest BCUT2D eigenvalue weighted by Gasteiger charge is -2.12. The molecular weight excluding hydrogens is 326 g/mol. The van der Waals surface area contributed by atoms with E-state index in [1.165, 1.54) is 30.3 Å². The van der Waals surface area contributed by atoms with E-state index in [1.807, 2.05) is 13.8 Å². The number of nitrogen functional groups attached to an aromatic ring is 1.